The van der Waals surface area contributed by atoms with Crippen LogP contribution < -0.4 is 10.6 Å². The first kappa shape index (κ1) is 11.9. The molecule has 2 saturated carbocycles. The quantitative estimate of drug-likeness (QED) is 0.762. The van der Waals surface area contributed by atoms with Gasteiger partial charge in [0.25, 0.3) is 0 Å². The summed E-state index contributed by atoms with van der Waals surface area (Å²) in [5, 5.41) is 7.21. The molecule has 1 heterocycles. The van der Waals surface area contributed by atoms with Crippen molar-refractivity contribution in [1.29, 1.82) is 0 Å². The van der Waals surface area contributed by atoms with Crippen LogP contribution in [-0.2, 0) is 4.74 Å². The first-order chi connectivity index (χ1) is 8.32. The van der Waals surface area contributed by atoms with Gasteiger partial charge in [-0.25, -0.2) is 0 Å². The lowest BCUT2D eigenvalue weighted by Crippen LogP contribution is -2.46. The number of piperidine rings is 1. The summed E-state index contributed by atoms with van der Waals surface area (Å²) in [5.41, 5.74) is 0.737. The van der Waals surface area contributed by atoms with Crippen LogP contribution in [0.3, 0.4) is 0 Å². The molecular weight excluding hydrogens is 212 g/mol. The van der Waals surface area contributed by atoms with Gasteiger partial charge in [-0.1, -0.05) is 0 Å². The minimum Gasteiger partial charge on any atom is -0.378 e. The van der Waals surface area contributed by atoms with Gasteiger partial charge < -0.3 is 15.4 Å². The summed E-state index contributed by atoms with van der Waals surface area (Å²) in [5.74, 6) is 0.968. The zero-order valence-corrected chi connectivity index (χ0v) is 11.0. The maximum atomic E-state index is 5.59. The third kappa shape index (κ3) is 2.51. The number of rotatable bonds is 5. The van der Waals surface area contributed by atoms with Crippen molar-refractivity contribution in [1.82, 2.24) is 10.6 Å². The Balaban J connectivity index is 1.32. The molecule has 98 valence electrons. The molecule has 17 heavy (non-hydrogen) atoms. The van der Waals surface area contributed by atoms with Crippen LogP contribution in [0.1, 0.15) is 39.0 Å². The van der Waals surface area contributed by atoms with Crippen LogP contribution in [0.4, 0.5) is 0 Å². The van der Waals surface area contributed by atoms with Crippen LogP contribution in [0, 0.1) is 11.3 Å². The van der Waals surface area contributed by atoms with Crippen molar-refractivity contribution in [2.45, 2.75) is 51.2 Å². The SMILES string of the molecule is CCOC1CC(NCC2CC23CCNCC3)C1. The molecule has 1 unspecified atom stereocenters. The second kappa shape index (κ2) is 4.87. The molecule has 2 aliphatic carbocycles. The lowest BCUT2D eigenvalue weighted by Gasteiger charge is -2.36. The van der Waals surface area contributed by atoms with Crippen LogP contribution in [0.15, 0.2) is 0 Å². The van der Waals surface area contributed by atoms with Gasteiger partial charge in [0.2, 0.25) is 0 Å². The molecule has 1 aliphatic heterocycles. The molecule has 1 spiro atoms. The van der Waals surface area contributed by atoms with Crippen molar-refractivity contribution in [2.75, 3.05) is 26.2 Å². The van der Waals surface area contributed by atoms with E-state index in [1.54, 1.807) is 0 Å². The molecule has 3 aliphatic rings. The smallest absolute Gasteiger partial charge is 0.0604 e. The van der Waals surface area contributed by atoms with E-state index in [2.05, 4.69) is 17.6 Å². The molecule has 3 nitrogen and oxygen atoms in total. The van der Waals surface area contributed by atoms with Crippen molar-refractivity contribution in [3.05, 3.63) is 0 Å². The molecule has 2 N–H and O–H groups in total. The molecule has 1 atom stereocenters. The third-order valence-corrected chi connectivity index (χ3v) is 5.11. The topological polar surface area (TPSA) is 33.3 Å². The third-order valence-electron chi connectivity index (χ3n) is 5.11. The van der Waals surface area contributed by atoms with Gasteiger partial charge in [-0.15, -0.1) is 0 Å². The van der Waals surface area contributed by atoms with Gasteiger partial charge >= 0.3 is 0 Å². The molecule has 0 aromatic carbocycles. The largest absolute Gasteiger partial charge is 0.378 e. The number of hydrogen-bond acceptors (Lipinski definition) is 3. The molecule has 3 rings (SSSR count). The molecule has 0 radical (unpaired) electrons. The van der Waals surface area contributed by atoms with Crippen molar-refractivity contribution >= 4 is 0 Å². The highest BCUT2D eigenvalue weighted by Gasteiger charge is 2.53. The Morgan fingerprint density at radius 3 is 2.76 bits per heavy atom. The van der Waals surface area contributed by atoms with E-state index in [0.717, 1.165) is 24.0 Å². The Bertz CT molecular complexity index is 257. The van der Waals surface area contributed by atoms with Crippen molar-refractivity contribution in [3.63, 3.8) is 0 Å². The summed E-state index contributed by atoms with van der Waals surface area (Å²) in [7, 11) is 0. The zero-order chi connectivity index (χ0) is 11.7. The van der Waals surface area contributed by atoms with E-state index < -0.39 is 0 Å². The van der Waals surface area contributed by atoms with Crippen LogP contribution in [0.25, 0.3) is 0 Å². The molecule has 3 fully saturated rings. The summed E-state index contributed by atoms with van der Waals surface area (Å²) < 4.78 is 5.59. The highest BCUT2D eigenvalue weighted by atomic mass is 16.5. The second-order valence-corrected chi connectivity index (χ2v) is 6.17. The normalized spacial score (nSPS) is 39.0. The molecule has 1 saturated heterocycles. The monoisotopic (exact) mass is 238 g/mol. The molecular formula is C14H26N2O. The van der Waals surface area contributed by atoms with Crippen molar-refractivity contribution in [3.8, 4) is 0 Å². The minimum absolute atomic E-state index is 0.546. The zero-order valence-electron chi connectivity index (χ0n) is 11.0. The van der Waals surface area contributed by atoms with Crippen LogP contribution >= 0.6 is 0 Å². The van der Waals surface area contributed by atoms with Gasteiger partial charge in [-0.05, 0) is 70.0 Å². The Hall–Kier alpha value is -0.120. The van der Waals surface area contributed by atoms with E-state index in [1.165, 1.54) is 51.7 Å². The summed E-state index contributed by atoms with van der Waals surface area (Å²) in [6, 6.07) is 0.742. The predicted molar refractivity (Wildman–Crippen MR) is 69.1 cm³/mol. The number of ether oxygens (including phenoxy) is 1. The van der Waals surface area contributed by atoms with Gasteiger partial charge in [0.05, 0.1) is 6.10 Å². The minimum atomic E-state index is 0.546. The van der Waals surface area contributed by atoms with Crippen molar-refractivity contribution in [2.24, 2.45) is 11.3 Å². The van der Waals surface area contributed by atoms with Gasteiger partial charge in [0, 0.05) is 12.6 Å². The summed E-state index contributed by atoms with van der Waals surface area (Å²) in [6.07, 6.45) is 7.30. The Labute approximate surface area is 105 Å². The first-order valence-corrected chi connectivity index (χ1v) is 7.38. The Morgan fingerprint density at radius 2 is 2.06 bits per heavy atom. The van der Waals surface area contributed by atoms with E-state index in [4.69, 9.17) is 4.74 Å². The highest BCUT2D eigenvalue weighted by molar-refractivity contribution is 5.05. The second-order valence-electron chi connectivity index (χ2n) is 6.17. The predicted octanol–water partition coefficient (Wildman–Crippen LogP) is 1.53. The Kier molecular flexibility index (Phi) is 3.42. The van der Waals surface area contributed by atoms with Gasteiger partial charge in [-0.2, -0.15) is 0 Å². The van der Waals surface area contributed by atoms with Crippen LogP contribution in [0.2, 0.25) is 0 Å². The van der Waals surface area contributed by atoms with Gasteiger partial charge in [-0.3, -0.25) is 0 Å². The molecule has 0 aromatic rings. The molecule has 3 heteroatoms. The maximum Gasteiger partial charge on any atom is 0.0604 e. The summed E-state index contributed by atoms with van der Waals surface area (Å²) in [6.45, 7) is 6.70. The lowest BCUT2D eigenvalue weighted by atomic mass is 9.88. The fraction of sp³-hybridized carbons (Fsp3) is 1.00. The number of hydrogen-bond donors (Lipinski definition) is 2. The van der Waals surface area contributed by atoms with Gasteiger partial charge in [0.1, 0.15) is 0 Å². The first-order valence-electron chi connectivity index (χ1n) is 7.38. The van der Waals surface area contributed by atoms with E-state index in [1.807, 2.05) is 0 Å². The van der Waals surface area contributed by atoms with E-state index in [0.29, 0.717) is 6.10 Å². The Morgan fingerprint density at radius 1 is 1.29 bits per heavy atom. The van der Waals surface area contributed by atoms with Crippen LogP contribution in [0.5, 0.6) is 0 Å². The van der Waals surface area contributed by atoms with Gasteiger partial charge in [0.15, 0.2) is 0 Å². The summed E-state index contributed by atoms with van der Waals surface area (Å²) >= 11 is 0. The molecule has 0 aromatic heterocycles. The van der Waals surface area contributed by atoms with Crippen LogP contribution in [-0.4, -0.2) is 38.4 Å². The fourth-order valence-corrected chi connectivity index (χ4v) is 3.67. The fourth-order valence-electron chi connectivity index (χ4n) is 3.67. The highest BCUT2D eigenvalue weighted by Crippen LogP contribution is 2.58. The molecule has 0 amide bonds. The number of nitrogens with one attached hydrogen (secondary N) is 2. The van der Waals surface area contributed by atoms with E-state index in [9.17, 15) is 0 Å². The average molecular weight is 238 g/mol. The molecule has 0 bridgehead atoms. The average Bonchev–Trinajstić information content (AvgIpc) is 2.95. The lowest BCUT2D eigenvalue weighted by molar-refractivity contribution is -0.0102. The van der Waals surface area contributed by atoms with Crippen molar-refractivity contribution < 1.29 is 4.74 Å². The maximum absolute atomic E-state index is 5.59. The van der Waals surface area contributed by atoms with E-state index in [-0.39, 0.29) is 0 Å². The standard InChI is InChI=1S/C14H26N2O/c1-2-17-13-7-12(8-13)16-10-11-9-14(11)3-5-15-6-4-14/h11-13,15-16H,2-10H2,1H3. The van der Waals surface area contributed by atoms with E-state index >= 15 is 0 Å². The summed E-state index contributed by atoms with van der Waals surface area (Å²) in [4.78, 5) is 0.